The SMILES string of the molecule is COCCN(CC(=O)O)C(=O)c1cccc(S(=O)(=O)N2CCCCCC2)c1. The van der Waals surface area contributed by atoms with Crippen LogP contribution in [-0.4, -0.2) is 74.5 Å². The van der Waals surface area contributed by atoms with E-state index in [9.17, 15) is 18.0 Å². The highest BCUT2D eigenvalue weighted by molar-refractivity contribution is 7.89. The topological polar surface area (TPSA) is 104 Å². The van der Waals surface area contributed by atoms with Gasteiger partial charge in [-0.1, -0.05) is 18.9 Å². The summed E-state index contributed by atoms with van der Waals surface area (Å²) in [5.74, 6) is -1.69. The molecule has 1 fully saturated rings. The number of benzene rings is 1. The molecule has 0 bridgehead atoms. The summed E-state index contributed by atoms with van der Waals surface area (Å²) in [5.41, 5.74) is 0.142. The van der Waals surface area contributed by atoms with Gasteiger partial charge < -0.3 is 14.7 Å². The van der Waals surface area contributed by atoms with E-state index in [-0.39, 0.29) is 23.6 Å². The number of carboxylic acids is 1. The molecular weight excluding hydrogens is 372 g/mol. The maximum absolute atomic E-state index is 12.9. The minimum atomic E-state index is -3.69. The summed E-state index contributed by atoms with van der Waals surface area (Å²) < 4.78 is 32.2. The average molecular weight is 398 g/mol. The number of amides is 1. The molecule has 0 unspecified atom stereocenters. The van der Waals surface area contributed by atoms with E-state index in [1.165, 1.54) is 35.7 Å². The summed E-state index contributed by atoms with van der Waals surface area (Å²) >= 11 is 0. The fourth-order valence-electron chi connectivity index (χ4n) is 3.02. The molecule has 1 aromatic carbocycles. The Bertz CT molecular complexity index is 757. The van der Waals surface area contributed by atoms with Crippen LogP contribution in [0.2, 0.25) is 0 Å². The van der Waals surface area contributed by atoms with Crippen LogP contribution in [0.5, 0.6) is 0 Å². The average Bonchev–Trinajstić information content (AvgIpc) is 2.94. The minimum absolute atomic E-state index is 0.0530. The van der Waals surface area contributed by atoms with Gasteiger partial charge in [0.1, 0.15) is 6.54 Å². The largest absolute Gasteiger partial charge is 0.480 e. The first kappa shape index (κ1) is 21.3. The predicted octanol–water partition coefficient (Wildman–Crippen LogP) is 1.42. The van der Waals surface area contributed by atoms with E-state index in [1.54, 1.807) is 0 Å². The molecule has 1 aromatic rings. The molecule has 1 heterocycles. The highest BCUT2D eigenvalue weighted by atomic mass is 32.2. The molecule has 8 nitrogen and oxygen atoms in total. The number of hydrogen-bond acceptors (Lipinski definition) is 5. The van der Waals surface area contributed by atoms with E-state index in [1.807, 2.05) is 0 Å². The molecular formula is C18H26N2O6S. The minimum Gasteiger partial charge on any atom is -0.480 e. The van der Waals surface area contributed by atoms with Crippen molar-refractivity contribution in [1.29, 1.82) is 0 Å². The van der Waals surface area contributed by atoms with Gasteiger partial charge >= 0.3 is 5.97 Å². The second kappa shape index (κ2) is 9.82. The molecule has 1 saturated heterocycles. The van der Waals surface area contributed by atoms with Gasteiger partial charge in [-0.25, -0.2) is 8.42 Å². The van der Waals surface area contributed by atoms with Crippen molar-refractivity contribution in [1.82, 2.24) is 9.21 Å². The summed E-state index contributed by atoms with van der Waals surface area (Å²) in [6.07, 6.45) is 3.66. The van der Waals surface area contributed by atoms with E-state index in [0.717, 1.165) is 30.6 Å². The number of aliphatic carboxylic acids is 1. The summed E-state index contributed by atoms with van der Waals surface area (Å²) in [4.78, 5) is 24.9. The van der Waals surface area contributed by atoms with Crippen molar-refractivity contribution in [2.45, 2.75) is 30.6 Å². The van der Waals surface area contributed by atoms with Gasteiger partial charge in [-0.2, -0.15) is 4.31 Å². The van der Waals surface area contributed by atoms with Crippen LogP contribution in [0.4, 0.5) is 0 Å². The second-order valence-corrected chi connectivity index (χ2v) is 8.40. The van der Waals surface area contributed by atoms with Gasteiger partial charge in [0.05, 0.1) is 11.5 Å². The van der Waals surface area contributed by atoms with E-state index < -0.39 is 28.4 Å². The Labute approximate surface area is 159 Å². The first-order valence-electron chi connectivity index (χ1n) is 8.96. The molecule has 0 aromatic heterocycles. The number of carbonyl (C=O) groups excluding carboxylic acids is 1. The standard InChI is InChI=1S/C18H26N2O6S/c1-26-12-11-19(14-17(21)22)18(23)15-7-6-8-16(13-15)27(24,25)20-9-4-2-3-5-10-20/h6-8,13H,2-5,9-12,14H2,1H3,(H,21,22). The Morgan fingerprint density at radius 3 is 2.44 bits per heavy atom. The summed E-state index contributed by atoms with van der Waals surface area (Å²) in [5, 5.41) is 9.02. The molecule has 9 heteroatoms. The number of carbonyl (C=O) groups is 2. The number of carboxylic acid groups (broad SMARTS) is 1. The number of nitrogens with zero attached hydrogens (tertiary/aromatic N) is 2. The highest BCUT2D eigenvalue weighted by Gasteiger charge is 2.26. The van der Waals surface area contributed by atoms with Gasteiger partial charge in [0.2, 0.25) is 10.0 Å². The molecule has 0 radical (unpaired) electrons. The molecule has 27 heavy (non-hydrogen) atoms. The van der Waals surface area contributed by atoms with Crippen LogP contribution >= 0.6 is 0 Å². The molecule has 1 N–H and O–H groups in total. The van der Waals surface area contributed by atoms with Crippen molar-refractivity contribution < 1.29 is 27.9 Å². The predicted molar refractivity (Wildman–Crippen MR) is 99.1 cm³/mol. The van der Waals surface area contributed by atoms with E-state index in [0.29, 0.717) is 13.1 Å². The lowest BCUT2D eigenvalue weighted by molar-refractivity contribution is -0.137. The van der Waals surface area contributed by atoms with Gasteiger partial charge in [-0.15, -0.1) is 0 Å². The number of rotatable bonds is 8. The maximum Gasteiger partial charge on any atom is 0.323 e. The fraction of sp³-hybridized carbons (Fsp3) is 0.556. The third kappa shape index (κ3) is 5.75. The lowest BCUT2D eigenvalue weighted by Gasteiger charge is -2.22. The zero-order valence-corrected chi connectivity index (χ0v) is 16.3. The number of ether oxygens (including phenoxy) is 1. The summed E-state index contributed by atoms with van der Waals surface area (Å²) in [6, 6.07) is 5.79. The Kier molecular flexibility index (Phi) is 7.76. The van der Waals surface area contributed by atoms with Gasteiger partial charge in [0, 0.05) is 32.3 Å². The summed E-state index contributed by atoms with van der Waals surface area (Å²) in [6.45, 7) is 0.750. The quantitative estimate of drug-likeness (QED) is 0.710. The molecule has 0 atom stereocenters. The van der Waals surface area contributed by atoms with Crippen LogP contribution in [0.3, 0.4) is 0 Å². The number of sulfonamides is 1. The first-order valence-corrected chi connectivity index (χ1v) is 10.4. The summed E-state index contributed by atoms with van der Waals surface area (Å²) in [7, 11) is -2.23. The van der Waals surface area contributed by atoms with E-state index in [2.05, 4.69) is 0 Å². The Morgan fingerprint density at radius 1 is 1.19 bits per heavy atom. The van der Waals surface area contributed by atoms with Gasteiger partial charge in [-0.05, 0) is 31.0 Å². The molecule has 1 amide bonds. The van der Waals surface area contributed by atoms with Crippen molar-refractivity contribution in [2.24, 2.45) is 0 Å². The lowest BCUT2D eigenvalue weighted by atomic mass is 10.2. The van der Waals surface area contributed by atoms with Crippen molar-refractivity contribution in [3.8, 4) is 0 Å². The normalized spacial score (nSPS) is 15.9. The molecule has 1 aliphatic heterocycles. The maximum atomic E-state index is 12.9. The van der Waals surface area contributed by atoms with Crippen molar-refractivity contribution in [3.05, 3.63) is 29.8 Å². The van der Waals surface area contributed by atoms with Crippen molar-refractivity contribution in [2.75, 3.05) is 39.9 Å². The third-order valence-electron chi connectivity index (χ3n) is 4.46. The number of methoxy groups -OCH3 is 1. The zero-order chi connectivity index (χ0) is 19.9. The smallest absolute Gasteiger partial charge is 0.323 e. The molecule has 150 valence electrons. The highest BCUT2D eigenvalue weighted by Crippen LogP contribution is 2.21. The van der Waals surface area contributed by atoms with E-state index >= 15 is 0 Å². The lowest BCUT2D eigenvalue weighted by Crippen LogP contribution is -2.38. The van der Waals surface area contributed by atoms with Crippen molar-refractivity contribution >= 4 is 21.9 Å². The third-order valence-corrected chi connectivity index (χ3v) is 6.36. The Balaban J connectivity index is 2.26. The van der Waals surface area contributed by atoms with Crippen LogP contribution in [0.15, 0.2) is 29.2 Å². The Morgan fingerprint density at radius 2 is 1.85 bits per heavy atom. The molecule has 2 rings (SSSR count). The van der Waals surface area contributed by atoms with Crippen LogP contribution in [0.1, 0.15) is 36.0 Å². The molecule has 1 aliphatic rings. The van der Waals surface area contributed by atoms with Crippen LogP contribution in [-0.2, 0) is 19.6 Å². The van der Waals surface area contributed by atoms with Crippen LogP contribution in [0.25, 0.3) is 0 Å². The molecule has 0 saturated carbocycles. The fourth-order valence-corrected chi connectivity index (χ4v) is 4.58. The Hall–Kier alpha value is -1.97. The van der Waals surface area contributed by atoms with Crippen LogP contribution in [0, 0.1) is 0 Å². The van der Waals surface area contributed by atoms with Gasteiger partial charge in [0.15, 0.2) is 0 Å². The van der Waals surface area contributed by atoms with E-state index in [4.69, 9.17) is 9.84 Å². The molecule has 0 aliphatic carbocycles. The second-order valence-electron chi connectivity index (χ2n) is 6.46. The van der Waals surface area contributed by atoms with Gasteiger partial charge in [0.25, 0.3) is 5.91 Å². The monoisotopic (exact) mass is 398 g/mol. The van der Waals surface area contributed by atoms with Crippen molar-refractivity contribution in [3.63, 3.8) is 0 Å². The first-order chi connectivity index (χ1) is 12.9. The molecule has 0 spiro atoms. The van der Waals surface area contributed by atoms with Crippen LogP contribution < -0.4 is 0 Å². The number of hydrogen-bond donors (Lipinski definition) is 1. The zero-order valence-electron chi connectivity index (χ0n) is 15.5. The van der Waals surface area contributed by atoms with Gasteiger partial charge in [-0.3, -0.25) is 9.59 Å².